The zero-order chi connectivity index (χ0) is 16.2. The lowest BCUT2D eigenvalue weighted by atomic mass is 10.0. The number of hydrogen-bond acceptors (Lipinski definition) is 4. The molecule has 0 fully saturated rings. The van der Waals surface area contributed by atoms with Gasteiger partial charge in [-0.2, -0.15) is 0 Å². The molecule has 1 heterocycles. The van der Waals surface area contributed by atoms with E-state index in [2.05, 4.69) is 24.1 Å². The molecule has 5 heteroatoms. The lowest BCUT2D eigenvalue weighted by Gasteiger charge is -2.13. The van der Waals surface area contributed by atoms with Gasteiger partial charge >= 0.3 is 0 Å². The summed E-state index contributed by atoms with van der Waals surface area (Å²) >= 11 is 1.59. The van der Waals surface area contributed by atoms with Crippen LogP contribution in [0.1, 0.15) is 48.7 Å². The fraction of sp³-hybridized carbons (Fsp3) is 0.444. The highest BCUT2D eigenvalue weighted by atomic mass is 32.1. The Labute approximate surface area is 140 Å². The van der Waals surface area contributed by atoms with Gasteiger partial charge in [0, 0.05) is 4.88 Å². The van der Waals surface area contributed by atoms with Crippen LogP contribution in [0.4, 0.5) is 5.13 Å². The van der Waals surface area contributed by atoms with E-state index in [1.807, 2.05) is 24.3 Å². The number of carbonyl (C=O) groups is 1. The van der Waals surface area contributed by atoms with Crippen LogP contribution in [0.3, 0.4) is 0 Å². The van der Waals surface area contributed by atoms with Crippen molar-refractivity contribution in [3.8, 4) is 5.75 Å². The number of nitrogens with one attached hydrogen (secondary N) is 1. The standard InChI is InChI=1S/C18H22N2O2S/c1-12(2)13-7-3-5-9-15(13)22-11-17(21)20-18-19-14-8-4-6-10-16(14)23-18/h3,5,7,9,12H,4,6,8,10-11H2,1-2H3,(H,19,20,21). The molecule has 23 heavy (non-hydrogen) atoms. The Balaban J connectivity index is 1.59. The first-order chi connectivity index (χ1) is 11.1. The predicted octanol–water partition coefficient (Wildman–Crippen LogP) is 4.16. The molecular formula is C18H22N2O2S. The fourth-order valence-electron chi connectivity index (χ4n) is 2.79. The van der Waals surface area contributed by atoms with Crippen molar-refractivity contribution in [1.29, 1.82) is 0 Å². The molecule has 0 saturated carbocycles. The van der Waals surface area contributed by atoms with Gasteiger partial charge in [-0.15, -0.1) is 11.3 Å². The van der Waals surface area contributed by atoms with E-state index in [1.54, 1.807) is 11.3 Å². The maximum absolute atomic E-state index is 12.1. The average molecular weight is 330 g/mol. The van der Waals surface area contributed by atoms with E-state index in [0.717, 1.165) is 29.8 Å². The normalized spacial score (nSPS) is 13.7. The summed E-state index contributed by atoms with van der Waals surface area (Å²) in [6.45, 7) is 4.23. The van der Waals surface area contributed by atoms with E-state index >= 15 is 0 Å². The van der Waals surface area contributed by atoms with Crippen molar-refractivity contribution < 1.29 is 9.53 Å². The van der Waals surface area contributed by atoms with Crippen LogP contribution in [0.2, 0.25) is 0 Å². The summed E-state index contributed by atoms with van der Waals surface area (Å²) in [4.78, 5) is 18.0. The number of aryl methyl sites for hydroxylation is 2. The smallest absolute Gasteiger partial charge is 0.264 e. The monoisotopic (exact) mass is 330 g/mol. The molecule has 1 amide bonds. The van der Waals surface area contributed by atoms with Crippen molar-refractivity contribution >= 4 is 22.4 Å². The third-order valence-electron chi connectivity index (χ3n) is 3.99. The van der Waals surface area contributed by atoms with E-state index in [9.17, 15) is 4.79 Å². The highest BCUT2D eigenvalue weighted by Crippen LogP contribution is 2.29. The summed E-state index contributed by atoms with van der Waals surface area (Å²) < 4.78 is 5.70. The number of aromatic nitrogens is 1. The molecule has 0 radical (unpaired) electrons. The third kappa shape index (κ3) is 3.91. The molecule has 0 aliphatic heterocycles. The lowest BCUT2D eigenvalue weighted by molar-refractivity contribution is -0.118. The number of para-hydroxylation sites is 1. The van der Waals surface area contributed by atoms with Crippen LogP contribution in [0, 0.1) is 0 Å². The Kier molecular flexibility index (Phi) is 4.96. The third-order valence-corrected chi connectivity index (χ3v) is 5.06. The van der Waals surface area contributed by atoms with Gasteiger partial charge in [0.15, 0.2) is 11.7 Å². The lowest BCUT2D eigenvalue weighted by Crippen LogP contribution is -2.20. The van der Waals surface area contributed by atoms with E-state index < -0.39 is 0 Å². The maximum Gasteiger partial charge on any atom is 0.264 e. The number of fused-ring (bicyclic) bond motifs is 1. The van der Waals surface area contributed by atoms with E-state index in [0.29, 0.717) is 11.0 Å². The molecule has 0 saturated heterocycles. The van der Waals surface area contributed by atoms with Gasteiger partial charge in [-0.05, 0) is 43.2 Å². The van der Waals surface area contributed by atoms with Crippen LogP contribution in [0.15, 0.2) is 24.3 Å². The fourth-order valence-corrected chi connectivity index (χ4v) is 3.86. The average Bonchev–Trinajstić information content (AvgIpc) is 2.95. The van der Waals surface area contributed by atoms with Crippen LogP contribution >= 0.6 is 11.3 Å². The quantitative estimate of drug-likeness (QED) is 0.895. The Morgan fingerprint density at radius 2 is 2.09 bits per heavy atom. The second-order valence-electron chi connectivity index (χ2n) is 6.13. The molecule has 1 aliphatic carbocycles. The molecule has 1 aliphatic rings. The number of hydrogen-bond donors (Lipinski definition) is 1. The summed E-state index contributed by atoms with van der Waals surface area (Å²) in [7, 11) is 0. The van der Waals surface area contributed by atoms with Crippen LogP contribution < -0.4 is 10.1 Å². The maximum atomic E-state index is 12.1. The molecule has 122 valence electrons. The van der Waals surface area contributed by atoms with Crippen LogP contribution in [0.25, 0.3) is 0 Å². The summed E-state index contributed by atoms with van der Waals surface area (Å²) in [6.07, 6.45) is 4.53. The largest absolute Gasteiger partial charge is 0.483 e. The first kappa shape index (κ1) is 16.0. The topological polar surface area (TPSA) is 51.2 Å². The van der Waals surface area contributed by atoms with Gasteiger partial charge in [0.1, 0.15) is 5.75 Å². The molecule has 0 bridgehead atoms. The van der Waals surface area contributed by atoms with Gasteiger partial charge in [0.05, 0.1) is 5.69 Å². The van der Waals surface area contributed by atoms with Gasteiger partial charge in [-0.3, -0.25) is 10.1 Å². The molecule has 1 aromatic heterocycles. The number of amides is 1. The summed E-state index contributed by atoms with van der Waals surface area (Å²) in [6, 6.07) is 7.85. The van der Waals surface area contributed by atoms with Crippen LogP contribution in [0.5, 0.6) is 5.75 Å². The number of rotatable bonds is 5. The van der Waals surface area contributed by atoms with Crippen molar-refractivity contribution in [2.45, 2.75) is 45.4 Å². The van der Waals surface area contributed by atoms with Crippen LogP contribution in [-0.2, 0) is 17.6 Å². The number of carbonyl (C=O) groups excluding carboxylic acids is 1. The minimum Gasteiger partial charge on any atom is -0.483 e. The number of benzene rings is 1. The molecule has 1 aromatic carbocycles. The number of ether oxygens (including phenoxy) is 1. The number of anilines is 1. The van der Waals surface area contributed by atoms with E-state index in [1.165, 1.54) is 17.7 Å². The Morgan fingerprint density at radius 1 is 1.30 bits per heavy atom. The summed E-state index contributed by atoms with van der Waals surface area (Å²) in [5.74, 6) is 0.977. The van der Waals surface area contributed by atoms with Gasteiger partial charge in [0.2, 0.25) is 0 Å². The number of thiazole rings is 1. The SMILES string of the molecule is CC(C)c1ccccc1OCC(=O)Nc1nc2c(s1)CCCC2. The molecule has 2 aromatic rings. The summed E-state index contributed by atoms with van der Waals surface area (Å²) in [5, 5.41) is 3.56. The highest BCUT2D eigenvalue weighted by molar-refractivity contribution is 7.15. The first-order valence-corrected chi connectivity index (χ1v) is 8.95. The van der Waals surface area contributed by atoms with Crippen molar-refractivity contribution in [2.75, 3.05) is 11.9 Å². The molecule has 0 spiro atoms. The number of nitrogens with zero attached hydrogens (tertiary/aromatic N) is 1. The predicted molar refractivity (Wildman–Crippen MR) is 93.4 cm³/mol. The molecule has 0 unspecified atom stereocenters. The molecule has 4 nitrogen and oxygen atoms in total. The van der Waals surface area contributed by atoms with Gasteiger partial charge in [-0.25, -0.2) is 4.98 Å². The van der Waals surface area contributed by atoms with Crippen molar-refractivity contribution in [2.24, 2.45) is 0 Å². The zero-order valence-electron chi connectivity index (χ0n) is 13.6. The minimum atomic E-state index is -0.158. The Morgan fingerprint density at radius 3 is 2.87 bits per heavy atom. The van der Waals surface area contributed by atoms with Crippen molar-refractivity contribution in [3.05, 3.63) is 40.4 Å². The van der Waals surface area contributed by atoms with Crippen molar-refractivity contribution in [1.82, 2.24) is 4.98 Å². The first-order valence-electron chi connectivity index (χ1n) is 8.13. The molecule has 1 N–H and O–H groups in total. The Hall–Kier alpha value is -1.88. The second kappa shape index (κ2) is 7.13. The molecule has 3 rings (SSSR count). The Bertz CT molecular complexity index is 671. The molecule has 0 atom stereocenters. The minimum absolute atomic E-state index is 0.00792. The van der Waals surface area contributed by atoms with E-state index in [4.69, 9.17) is 4.74 Å². The zero-order valence-corrected chi connectivity index (χ0v) is 14.4. The van der Waals surface area contributed by atoms with Gasteiger partial charge in [0.25, 0.3) is 5.91 Å². The van der Waals surface area contributed by atoms with Crippen molar-refractivity contribution in [3.63, 3.8) is 0 Å². The molecular weight excluding hydrogens is 308 g/mol. The second-order valence-corrected chi connectivity index (χ2v) is 7.21. The van der Waals surface area contributed by atoms with E-state index in [-0.39, 0.29) is 12.5 Å². The highest BCUT2D eigenvalue weighted by Gasteiger charge is 2.16. The van der Waals surface area contributed by atoms with Gasteiger partial charge < -0.3 is 4.74 Å². The van der Waals surface area contributed by atoms with Gasteiger partial charge in [-0.1, -0.05) is 32.0 Å². The van der Waals surface area contributed by atoms with Crippen LogP contribution in [-0.4, -0.2) is 17.5 Å². The summed E-state index contributed by atoms with van der Waals surface area (Å²) in [5.41, 5.74) is 2.27.